The molecule has 2 unspecified atom stereocenters. The van der Waals surface area contributed by atoms with E-state index in [-0.39, 0.29) is 25.0 Å². The highest BCUT2D eigenvalue weighted by molar-refractivity contribution is 5.83. The number of methoxy groups -OCH3 is 1. The van der Waals surface area contributed by atoms with Crippen molar-refractivity contribution in [2.75, 3.05) is 27.1 Å². The molecule has 0 N–H and O–H groups in total. The Balaban J connectivity index is 2.33. The van der Waals surface area contributed by atoms with E-state index in [0.717, 1.165) is 0 Å². The van der Waals surface area contributed by atoms with Crippen molar-refractivity contribution in [2.45, 2.75) is 19.1 Å². The maximum absolute atomic E-state index is 11.1. The second kappa shape index (κ2) is 8.00. The number of carbonyl (C=O) groups excluding carboxylic acids is 1. The lowest BCUT2D eigenvalue weighted by Crippen LogP contribution is -2.34. The average Bonchev–Trinajstić information content (AvgIpc) is 2.32. The summed E-state index contributed by atoms with van der Waals surface area (Å²) in [6.45, 7) is 3.00. The molecule has 0 fully saturated rings. The lowest BCUT2D eigenvalue weighted by molar-refractivity contribution is -0.155. The fourth-order valence-corrected chi connectivity index (χ4v) is 1.34. The van der Waals surface area contributed by atoms with Crippen LogP contribution in [0.25, 0.3) is 0 Å². The summed E-state index contributed by atoms with van der Waals surface area (Å²) < 4.78 is 20.6. The summed E-state index contributed by atoms with van der Waals surface area (Å²) >= 11 is 0. The van der Waals surface area contributed by atoms with Gasteiger partial charge in [0.25, 0.3) is 0 Å². The van der Waals surface area contributed by atoms with Crippen LogP contribution in [0.5, 0.6) is 0 Å². The fourth-order valence-electron chi connectivity index (χ4n) is 1.34. The molecule has 0 bridgehead atoms. The van der Waals surface area contributed by atoms with Crippen molar-refractivity contribution in [1.29, 1.82) is 0 Å². The number of rotatable bonds is 7. The maximum Gasteiger partial charge on any atom is 0.331 e. The molecule has 1 rings (SSSR count). The first-order valence-electron chi connectivity index (χ1n) is 5.48. The molecule has 0 saturated carbocycles. The summed E-state index contributed by atoms with van der Waals surface area (Å²) in [6.07, 6.45) is 5.95. The van der Waals surface area contributed by atoms with Gasteiger partial charge in [0.15, 0.2) is 6.10 Å². The monoisotopic (exact) mass is 242 g/mol. The highest BCUT2D eigenvalue weighted by Gasteiger charge is 2.24. The predicted molar refractivity (Wildman–Crippen MR) is 61.4 cm³/mol. The summed E-state index contributed by atoms with van der Waals surface area (Å²) in [6, 6.07) is 0. The molecule has 5 nitrogen and oxygen atoms in total. The first kappa shape index (κ1) is 13.9. The molecule has 2 atom stereocenters. The maximum atomic E-state index is 11.1. The summed E-state index contributed by atoms with van der Waals surface area (Å²) in [7, 11) is 1.61. The van der Waals surface area contributed by atoms with Gasteiger partial charge >= 0.3 is 5.97 Å². The summed E-state index contributed by atoms with van der Waals surface area (Å²) in [5, 5.41) is 0. The number of ether oxygens (including phenoxy) is 4. The Bertz CT molecular complexity index is 285. The second-order valence-electron chi connectivity index (χ2n) is 3.44. The zero-order valence-corrected chi connectivity index (χ0v) is 10.1. The predicted octanol–water partition coefficient (Wildman–Crippen LogP) is 1.05. The highest BCUT2D eigenvalue weighted by atomic mass is 16.7. The molecule has 0 saturated heterocycles. The third-order valence-electron chi connectivity index (χ3n) is 2.16. The summed E-state index contributed by atoms with van der Waals surface area (Å²) in [5.74, 6) is -0.353. The van der Waals surface area contributed by atoms with E-state index in [9.17, 15) is 4.79 Å². The van der Waals surface area contributed by atoms with Crippen molar-refractivity contribution >= 4 is 5.97 Å². The molecule has 1 aliphatic heterocycles. The standard InChI is InChI=1S/C12H18O5/c1-3-4-11-10(5-6-12(13)17-11)16-9-15-8-7-14-2/h3-6,10-11H,7-9H2,1-2H3. The fraction of sp³-hybridized carbons (Fsp3) is 0.583. The molecule has 1 heterocycles. The Kier molecular flexibility index (Phi) is 6.54. The number of allylic oxidation sites excluding steroid dienone is 1. The van der Waals surface area contributed by atoms with Crippen LogP contribution in [0.2, 0.25) is 0 Å². The molecule has 0 spiro atoms. The number of esters is 1. The van der Waals surface area contributed by atoms with Gasteiger partial charge in [-0.25, -0.2) is 4.79 Å². The Morgan fingerprint density at radius 3 is 3.00 bits per heavy atom. The molecule has 0 radical (unpaired) electrons. The number of hydrogen-bond donors (Lipinski definition) is 0. The normalized spacial score (nSPS) is 24.2. The molecular formula is C12H18O5. The molecule has 0 amide bonds. The molecular weight excluding hydrogens is 224 g/mol. The third-order valence-corrected chi connectivity index (χ3v) is 2.16. The van der Waals surface area contributed by atoms with Crippen LogP contribution in [-0.2, 0) is 23.7 Å². The van der Waals surface area contributed by atoms with Gasteiger partial charge in [-0.05, 0) is 19.1 Å². The van der Waals surface area contributed by atoms with E-state index < -0.39 is 0 Å². The molecule has 96 valence electrons. The molecule has 0 aromatic carbocycles. The van der Waals surface area contributed by atoms with Crippen LogP contribution in [0.3, 0.4) is 0 Å². The van der Waals surface area contributed by atoms with E-state index in [1.165, 1.54) is 6.08 Å². The quantitative estimate of drug-likeness (QED) is 0.289. The largest absolute Gasteiger partial charge is 0.452 e. The molecule has 5 heteroatoms. The molecule has 17 heavy (non-hydrogen) atoms. The van der Waals surface area contributed by atoms with E-state index in [1.807, 2.05) is 13.0 Å². The number of cyclic esters (lactones) is 1. The molecule has 0 aromatic heterocycles. The lowest BCUT2D eigenvalue weighted by Gasteiger charge is -2.24. The van der Waals surface area contributed by atoms with E-state index in [1.54, 1.807) is 19.3 Å². The van der Waals surface area contributed by atoms with Crippen LogP contribution < -0.4 is 0 Å². The molecule has 0 aromatic rings. The van der Waals surface area contributed by atoms with Crippen molar-refractivity contribution in [2.24, 2.45) is 0 Å². The summed E-state index contributed by atoms with van der Waals surface area (Å²) in [4.78, 5) is 11.1. The van der Waals surface area contributed by atoms with Crippen LogP contribution in [0.15, 0.2) is 24.3 Å². The van der Waals surface area contributed by atoms with Crippen LogP contribution in [-0.4, -0.2) is 45.3 Å². The second-order valence-corrected chi connectivity index (χ2v) is 3.44. The first-order valence-corrected chi connectivity index (χ1v) is 5.48. The van der Waals surface area contributed by atoms with Gasteiger partial charge in [-0.15, -0.1) is 0 Å². The third kappa shape index (κ3) is 5.12. The van der Waals surface area contributed by atoms with Crippen molar-refractivity contribution in [3.63, 3.8) is 0 Å². The van der Waals surface area contributed by atoms with Crippen molar-refractivity contribution in [3.05, 3.63) is 24.3 Å². The van der Waals surface area contributed by atoms with Gasteiger partial charge in [-0.1, -0.05) is 6.08 Å². The van der Waals surface area contributed by atoms with E-state index >= 15 is 0 Å². The van der Waals surface area contributed by atoms with Crippen molar-refractivity contribution < 1.29 is 23.7 Å². The summed E-state index contributed by atoms with van der Waals surface area (Å²) in [5.41, 5.74) is 0. The number of hydrogen-bond acceptors (Lipinski definition) is 5. The minimum absolute atomic E-state index is 0.143. The Morgan fingerprint density at radius 1 is 1.47 bits per heavy atom. The van der Waals surface area contributed by atoms with Crippen LogP contribution in [0.4, 0.5) is 0 Å². The van der Waals surface area contributed by atoms with Gasteiger partial charge in [0.05, 0.1) is 13.2 Å². The highest BCUT2D eigenvalue weighted by Crippen LogP contribution is 2.13. The van der Waals surface area contributed by atoms with Crippen LogP contribution >= 0.6 is 0 Å². The van der Waals surface area contributed by atoms with Gasteiger partial charge in [0, 0.05) is 13.2 Å². The Labute approximate surface area is 101 Å². The van der Waals surface area contributed by atoms with Gasteiger partial charge in [0.1, 0.15) is 12.9 Å². The van der Waals surface area contributed by atoms with Crippen molar-refractivity contribution in [3.8, 4) is 0 Å². The first-order chi connectivity index (χ1) is 8.27. The topological polar surface area (TPSA) is 54.0 Å². The lowest BCUT2D eigenvalue weighted by atomic mass is 10.1. The van der Waals surface area contributed by atoms with E-state index in [2.05, 4.69) is 0 Å². The van der Waals surface area contributed by atoms with Crippen molar-refractivity contribution in [1.82, 2.24) is 0 Å². The van der Waals surface area contributed by atoms with E-state index in [4.69, 9.17) is 18.9 Å². The Morgan fingerprint density at radius 2 is 2.29 bits per heavy atom. The van der Waals surface area contributed by atoms with Gasteiger partial charge in [-0.3, -0.25) is 0 Å². The number of carbonyl (C=O) groups is 1. The molecule has 0 aliphatic carbocycles. The Hall–Kier alpha value is -1.17. The van der Waals surface area contributed by atoms with Gasteiger partial charge < -0.3 is 18.9 Å². The minimum Gasteiger partial charge on any atom is -0.452 e. The minimum atomic E-state index is -0.386. The van der Waals surface area contributed by atoms with Crippen LogP contribution in [0, 0.1) is 0 Å². The van der Waals surface area contributed by atoms with Gasteiger partial charge in [0.2, 0.25) is 0 Å². The smallest absolute Gasteiger partial charge is 0.331 e. The van der Waals surface area contributed by atoms with Crippen LogP contribution in [0.1, 0.15) is 6.92 Å². The average molecular weight is 242 g/mol. The zero-order valence-electron chi connectivity index (χ0n) is 10.1. The molecule has 1 aliphatic rings. The van der Waals surface area contributed by atoms with Gasteiger partial charge in [-0.2, -0.15) is 0 Å². The van der Waals surface area contributed by atoms with E-state index in [0.29, 0.717) is 13.2 Å². The zero-order chi connectivity index (χ0) is 12.5. The SMILES string of the molecule is CC=CC1OC(=O)C=CC1OCOCCOC.